The molecule has 0 spiro atoms. The summed E-state index contributed by atoms with van der Waals surface area (Å²) >= 11 is 0. The molecule has 0 aliphatic heterocycles. The fraction of sp³-hybridized carbons (Fsp3) is 0.286. The molecule has 0 aliphatic carbocycles. The highest BCUT2D eigenvalue weighted by Gasteiger charge is 2.12. The molecule has 2 aromatic carbocycles. The van der Waals surface area contributed by atoms with Crippen LogP contribution in [0, 0.1) is 0 Å². The molecular formula is C21H22N4O3. The summed E-state index contributed by atoms with van der Waals surface area (Å²) < 4.78 is 14.9. The molecule has 0 radical (unpaired) electrons. The van der Waals surface area contributed by atoms with Crippen LogP contribution in [0.25, 0.3) is 21.9 Å². The monoisotopic (exact) mass is 378 g/mol. The van der Waals surface area contributed by atoms with Crippen LogP contribution in [0.2, 0.25) is 0 Å². The van der Waals surface area contributed by atoms with Crippen molar-refractivity contribution < 1.29 is 9.47 Å². The van der Waals surface area contributed by atoms with Crippen molar-refractivity contribution in [1.29, 1.82) is 0 Å². The second-order valence-corrected chi connectivity index (χ2v) is 6.71. The summed E-state index contributed by atoms with van der Waals surface area (Å²) in [5.74, 6) is 2.13. The molecule has 4 rings (SSSR count). The van der Waals surface area contributed by atoms with Crippen LogP contribution in [0.1, 0.15) is 12.2 Å². The third-order valence-corrected chi connectivity index (χ3v) is 4.88. The van der Waals surface area contributed by atoms with Gasteiger partial charge in [-0.3, -0.25) is 4.79 Å². The average Bonchev–Trinajstić information content (AvgIpc) is 3.04. The second-order valence-electron chi connectivity index (χ2n) is 6.71. The standard InChI is InChI=1S/C21H22N4O3/c1-24-13-22-16-12-18(27-3)19(11-14(16)21(24)26)28-10-6-9-20-23-15-7-4-5-8-17(15)25(20)2/h4-5,7-8,11-13H,6,9-10H2,1-3H3. The van der Waals surface area contributed by atoms with E-state index in [-0.39, 0.29) is 5.56 Å². The van der Waals surface area contributed by atoms with Gasteiger partial charge in [0.25, 0.3) is 5.56 Å². The minimum atomic E-state index is -0.114. The molecule has 0 atom stereocenters. The van der Waals surface area contributed by atoms with E-state index < -0.39 is 0 Å². The van der Waals surface area contributed by atoms with Crippen molar-refractivity contribution in [2.24, 2.45) is 14.1 Å². The maximum Gasteiger partial charge on any atom is 0.261 e. The Morgan fingerprint density at radius 1 is 1.07 bits per heavy atom. The largest absolute Gasteiger partial charge is 0.493 e. The van der Waals surface area contributed by atoms with Gasteiger partial charge in [0.2, 0.25) is 0 Å². The van der Waals surface area contributed by atoms with Gasteiger partial charge in [-0.1, -0.05) is 12.1 Å². The Morgan fingerprint density at radius 3 is 2.68 bits per heavy atom. The Kier molecular flexibility index (Phi) is 4.73. The lowest BCUT2D eigenvalue weighted by atomic mass is 10.2. The topological polar surface area (TPSA) is 71.2 Å². The molecule has 28 heavy (non-hydrogen) atoms. The molecule has 2 heterocycles. The van der Waals surface area contributed by atoms with E-state index in [1.54, 1.807) is 26.3 Å². The number of para-hydroxylation sites is 2. The molecule has 0 saturated carbocycles. The quantitative estimate of drug-likeness (QED) is 0.483. The Bertz CT molecular complexity index is 1210. The molecule has 0 N–H and O–H groups in total. The summed E-state index contributed by atoms with van der Waals surface area (Å²) in [6.07, 6.45) is 3.09. The zero-order chi connectivity index (χ0) is 19.7. The van der Waals surface area contributed by atoms with Crippen LogP contribution in [-0.2, 0) is 20.5 Å². The molecule has 4 aromatic rings. The van der Waals surface area contributed by atoms with Gasteiger partial charge < -0.3 is 18.6 Å². The molecule has 144 valence electrons. The van der Waals surface area contributed by atoms with Crippen LogP contribution in [0.4, 0.5) is 0 Å². The number of fused-ring (bicyclic) bond motifs is 2. The summed E-state index contributed by atoms with van der Waals surface area (Å²) in [5, 5.41) is 0.510. The molecule has 0 aliphatic rings. The number of hydrogen-bond acceptors (Lipinski definition) is 5. The van der Waals surface area contributed by atoms with Crippen molar-refractivity contribution >= 4 is 21.9 Å². The molecule has 0 saturated heterocycles. The van der Waals surface area contributed by atoms with Crippen LogP contribution < -0.4 is 15.0 Å². The smallest absolute Gasteiger partial charge is 0.261 e. The summed E-state index contributed by atoms with van der Waals surface area (Å²) in [6, 6.07) is 11.5. The van der Waals surface area contributed by atoms with Gasteiger partial charge in [0.1, 0.15) is 5.82 Å². The maximum absolute atomic E-state index is 12.3. The van der Waals surface area contributed by atoms with E-state index in [1.165, 1.54) is 10.9 Å². The van der Waals surface area contributed by atoms with Crippen molar-refractivity contribution in [2.45, 2.75) is 12.8 Å². The Labute approximate surface area is 162 Å². The summed E-state index contributed by atoms with van der Waals surface area (Å²) in [6.45, 7) is 0.492. The first kappa shape index (κ1) is 18.0. The van der Waals surface area contributed by atoms with Crippen molar-refractivity contribution in [3.63, 3.8) is 0 Å². The predicted molar refractivity (Wildman–Crippen MR) is 108 cm³/mol. The van der Waals surface area contributed by atoms with Gasteiger partial charge in [0.15, 0.2) is 11.5 Å². The first-order chi connectivity index (χ1) is 13.6. The zero-order valence-corrected chi connectivity index (χ0v) is 16.2. The first-order valence-electron chi connectivity index (χ1n) is 9.15. The summed E-state index contributed by atoms with van der Waals surface area (Å²) in [5.41, 5.74) is 2.60. The van der Waals surface area contributed by atoms with Crippen LogP contribution in [0.5, 0.6) is 11.5 Å². The number of aromatic nitrogens is 4. The van der Waals surface area contributed by atoms with Gasteiger partial charge in [0, 0.05) is 26.6 Å². The number of aryl methyl sites for hydroxylation is 3. The lowest BCUT2D eigenvalue weighted by molar-refractivity contribution is 0.289. The third kappa shape index (κ3) is 3.19. The van der Waals surface area contributed by atoms with E-state index >= 15 is 0 Å². The number of benzene rings is 2. The lowest BCUT2D eigenvalue weighted by Gasteiger charge is -2.12. The summed E-state index contributed by atoms with van der Waals surface area (Å²) in [4.78, 5) is 21.3. The number of methoxy groups -OCH3 is 1. The van der Waals surface area contributed by atoms with Crippen molar-refractivity contribution in [2.75, 3.05) is 13.7 Å². The van der Waals surface area contributed by atoms with E-state index in [4.69, 9.17) is 9.47 Å². The fourth-order valence-electron chi connectivity index (χ4n) is 3.32. The van der Waals surface area contributed by atoms with Crippen molar-refractivity contribution in [3.8, 4) is 11.5 Å². The summed E-state index contributed by atoms with van der Waals surface area (Å²) in [7, 11) is 5.28. The fourth-order valence-corrected chi connectivity index (χ4v) is 3.32. The maximum atomic E-state index is 12.3. The van der Waals surface area contributed by atoms with Gasteiger partial charge in [-0.05, 0) is 24.6 Å². The first-order valence-corrected chi connectivity index (χ1v) is 9.15. The minimum absolute atomic E-state index is 0.114. The number of imidazole rings is 1. The number of hydrogen-bond donors (Lipinski definition) is 0. The molecule has 7 nitrogen and oxygen atoms in total. The predicted octanol–water partition coefficient (Wildman–Crippen LogP) is 2.84. The van der Waals surface area contributed by atoms with E-state index in [2.05, 4.69) is 20.6 Å². The van der Waals surface area contributed by atoms with Crippen LogP contribution in [-0.4, -0.2) is 32.8 Å². The molecule has 0 fully saturated rings. The number of nitrogens with zero attached hydrogens (tertiary/aromatic N) is 4. The van der Waals surface area contributed by atoms with E-state index in [1.807, 2.05) is 25.2 Å². The molecular weight excluding hydrogens is 356 g/mol. The van der Waals surface area contributed by atoms with Gasteiger partial charge in [-0.25, -0.2) is 9.97 Å². The highest BCUT2D eigenvalue weighted by molar-refractivity contribution is 5.81. The zero-order valence-electron chi connectivity index (χ0n) is 16.2. The highest BCUT2D eigenvalue weighted by atomic mass is 16.5. The van der Waals surface area contributed by atoms with Gasteiger partial charge in [-0.2, -0.15) is 0 Å². The van der Waals surface area contributed by atoms with E-state index in [9.17, 15) is 4.79 Å². The lowest BCUT2D eigenvalue weighted by Crippen LogP contribution is -2.17. The van der Waals surface area contributed by atoms with Crippen molar-refractivity contribution in [1.82, 2.24) is 19.1 Å². The van der Waals surface area contributed by atoms with E-state index in [0.29, 0.717) is 29.0 Å². The van der Waals surface area contributed by atoms with Gasteiger partial charge >= 0.3 is 0 Å². The molecule has 0 amide bonds. The Hall–Kier alpha value is -3.35. The van der Waals surface area contributed by atoms with Gasteiger partial charge in [0.05, 0.1) is 42.0 Å². The van der Waals surface area contributed by atoms with Crippen LogP contribution >= 0.6 is 0 Å². The molecule has 0 bridgehead atoms. The second kappa shape index (κ2) is 7.34. The molecule has 7 heteroatoms. The Balaban J connectivity index is 1.49. The SMILES string of the molecule is COc1cc2ncn(C)c(=O)c2cc1OCCCc1nc2ccccc2n1C. The average molecular weight is 378 g/mol. The Morgan fingerprint density at radius 2 is 1.89 bits per heavy atom. The van der Waals surface area contributed by atoms with Crippen LogP contribution in [0.3, 0.4) is 0 Å². The number of ether oxygens (including phenoxy) is 2. The third-order valence-electron chi connectivity index (χ3n) is 4.88. The van der Waals surface area contributed by atoms with Crippen LogP contribution in [0.15, 0.2) is 47.5 Å². The molecule has 2 aromatic heterocycles. The highest BCUT2D eigenvalue weighted by Crippen LogP contribution is 2.30. The normalized spacial score (nSPS) is 11.2. The van der Waals surface area contributed by atoms with E-state index in [0.717, 1.165) is 29.7 Å². The minimum Gasteiger partial charge on any atom is -0.493 e. The molecule has 0 unspecified atom stereocenters. The van der Waals surface area contributed by atoms with Crippen molar-refractivity contribution in [3.05, 3.63) is 58.9 Å². The number of rotatable bonds is 6. The van der Waals surface area contributed by atoms with Gasteiger partial charge in [-0.15, -0.1) is 0 Å².